The van der Waals surface area contributed by atoms with Gasteiger partial charge in [-0.1, -0.05) is 6.07 Å². The molecule has 0 aliphatic carbocycles. The molecule has 0 fully saturated rings. The van der Waals surface area contributed by atoms with E-state index in [4.69, 9.17) is 21.7 Å². The maximum Gasteiger partial charge on any atom is 0.231 e. The van der Waals surface area contributed by atoms with Crippen LogP contribution in [0.4, 0.5) is 14.5 Å². The third-order valence-corrected chi connectivity index (χ3v) is 3.64. The van der Waals surface area contributed by atoms with Crippen LogP contribution < -0.4 is 20.1 Å². The highest BCUT2D eigenvalue weighted by atomic mass is 32.1. The maximum atomic E-state index is 13.6. The first kappa shape index (κ1) is 15.5. The van der Waals surface area contributed by atoms with E-state index in [1.54, 1.807) is 0 Å². The Morgan fingerprint density at radius 1 is 1.13 bits per heavy atom. The molecule has 0 saturated carbocycles. The molecule has 0 aromatic heterocycles. The Labute approximate surface area is 137 Å². The van der Waals surface area contributed by atoms with Crippen molar-refractivity contribution in [3.8, 4) is 11.5 Å². The number of halogens is 2. The number of ether oxygens (including phenoxy) is 2. The van der Waals surface area contributed by atoms with Gasteiger partial charge in [-0.2, -0.15) is 0 Å². The smallest absolute Gasteiger partial charge is 0.231 e. The van der Waals surface area contributed by atoms with E-state index in [0.29, 0.717) is 11.5 Å². The zero-order chi connectivity index (χ0) is 16.4. The number of anilines is 1. The molecule has 0 bridgehead atoms. The van der Waals surface area contributed by atoms with Gasteiger partial charge in [0.25, 0.3) is 0 Å². The summed E-state index contributed by atoms with van der Waals surface area (Å²) in [7, 11) is 0. The lowest BCUT2D eigenvalue weighted by atomic mass is 10.1. The maximum absolute atomic E-state index is 13.6. The second kappa shape index (κ2) is 6.37. The highest BCUT2D eigenvalue weighted by molar-refractivity contribution is 7.80. The van der Waals surface area contributed by atoms with Crippen molar-refractivity contribution in [3.63, 3.8) is 0 Å². The summed E-state index contributed by atoms with van der Waals surface area (Å²) in [6.45, 7) is 2.12. The quantitative estimate of drug-likeness (QED) is 0.836. The predicted octanol–water partition coefficient (Wildman–Crippen LogP) is 3.74. The molecule has 1 atom stereocenters. The minimum absolute atomic E-state index is 0.113. The number of benzene rings is 2. The van der Waals surface area contributed by atoms with Crippen LogP contribution in [0.15, 0.2) is 36.4 Å². The first-order chi connectivity index (χ1) is 11.0. The van der Waals surface area contributed by atoms with Crippen molar-refractivity contribution in [1.82, 2.24) is 5.32 Å². The SMILES string of the molecule is CC(NC(=S)Nc1ccc(F)cc1F)c1ccc2c(c1)OCO2. The highest BCUT2D eigenvalue weighted by Gasteiger charge is 2.16. The number of nitrogens with one attached hydrogen (secondary N) is 2. The molecular formula is C16H14F2N2O2S. The van der Waals surface area contributed by atoms with E-state index in [1.807, 2.05) is 25.1 Å². The summed E-state index contributed by atoms with van der Waals surface area (Å²) in [4.78, 5) is 0. The van der Waals surface area contributed by atoms with Gasteiger partial charge in [0.15, 0.2) is 16.6 Å². The Morgan fingerprint density at radius 2 is 1.91 bits per heavy atom. The predicted molar refractivity (Wildman–Crippen MR) is 86.7 cm³/mol. The van der Waals surface area contributed by atoms with E-state index >= 15 is 0 Å². The largest absolute Gasteiger partial charge is 0.454 e. The fraction of sp³-hybridized carbons (Fsp3) is 0.188. The molecule has 4 nitrogen and oxygen atoms in total. The third kappa shape index (κ3) is 3.50. The first-order valence-corrected chi connectivity index (χ1v) is 7.36. The van der Waals surface area contributed by atoms with Crippen LogP contribution >= 0.6 is 12.2 Å². The Kier molecular flexibility index (Phi) is 4.29. The summed E-state index contributed by atoms with van der Waals surface area (Å²) in [5.41, 5.74) is 1.06. The normalized spacial score (nSPS) is 13.5. The van der Waals surface area contributed by atoms with Crippen molar-refractivity contribution < 1.29 is 18.3 Å². The van der Waals surface area contributed by atoms with Crippen molar-refractivity contribution >= 4 is 23.0 Å². The van der Waals surface area contributed by atoms with Crippen LogP contribution in [0.25, 0.3) is 0 Å². The van der Waals surface area contributed by atoms with Crippen molar-refractivity contribution in [2.75, 3.05) is 12.1 Å². The summed E-state index contributed by atoms with van der Waals surface area (Å²) >= 11 is 5.17. The van der Waals surface area contributed by atoms with Gasteiger partial charge in [0.1, 0.15) is 11.6 Å². The fourth-order valence-electron chi connectivity index (χ4n) is 2.21. The molecule has 3 rings (SSSR count). The molecule has 0 saturated heterocycles. The minimum atomic E-state index is -0.704. The summed E-state index contributed by atoms with van der Waals surface area (Å²) in [5, 5.41) is 5.99. The molecule has 1 heterocycles. The Morgan fingerprint density at radius 3 is 2.70 bits per heavy atom. The number of hydrogen-bond acceptors (Lipinski definition) is 3. The Balaban J connectivity index is 1.65. The third-order valence-electron chi connectivity index (χ3n) is 3.42. The van der Waals surface area contributed by atoms with Gasteiger partial charge in [0.05, 0.1) is 11.7 Å². The molecule has 1 unspecified atom stereocenters. The summed E-state index contributed by atoms with van der Waals surface area (Å²) in [6.07, 6.45) is 0. The topological polar surface area (TPSA) is 42.5 Å². The lowest BCUT2D eigenvalue weighted by molar-refractivity contribution is 0.174. The molecule has 7 heteroatoms. The van der Waals surface area contributed by atoms with Crippen LogP contribution in [0, 0.1) is 11.6 Å². The van der Waals surface area contributed by atoms with Crippen molar-refractivity contribution in [2.24, 2.45) is 0 Å². The highest BCUT2D eigenvalue weighted by Crippen LogP contribution is 2.34. The van der Waals surface area contributed by atoms with Crippen LogP contribution in [0.3, 0.4) is 0 Å². The molecule has 2 aromatic rings. The molecule has 2 N–H and O–H groups in total. The second-order valence-electron chi connectivity index (χ2n) is 5.06. The van der Waals surface area contributed by atoms with E-state index in [-0.39, 0.29) is 23.6 Å². The van der Waals surface area contributed by atoms with Gasteiger partial charge in [0, 0.05) is 6.07 Å². The average molecular weight is 336 g/mol. The van der Waals surface area contributed by atoms with E-state index in [9.17, 15) is 8.78 Å². The van der Waals surface area contributed by atoms with Crippen LogP contribution in [0.5, 0.6) is 11.5 Å². The number of thiocarbonyl (C=S) groups is 1. The summed E-state index contributed by atoms with van der Waals surface area (Å²) in [5.74, 6) is 0.0418. The summed E-state index contributed by atoms with van der Waals surface area (Å²) < 4.78 is 37.1. The molecule has 0 spiro atoms. The van der Waals surface area contributed by atoms with Gasteiger partial charge in [0.2, 0.25) is 6.79 Å². The number of rotatable bonds is 3. The molecule has 120 valence electrons. The molecule has 2 aromatic carbocycles. The average Bonchev–Trinajstić information content (AvgIpc) is 2.97. The van der Waals surface area contributed by atoms with Gasteiger partial charge in [-0.05, 0) is 49.0 Å². The molecule has 0 amide bonds. The molecular weight excluding hydrogens is 322 g/mol. The van der Waals surface area contributed by atoms with Crippen molar-refractivity contribution in [1.29, 1.82) is 0 Å². The Hall–Kier alpha value is -2.41. The molecule has 0 radical (unpaired) electrons. The first-order valence-electron chi connectivity index (χ1n) is 6.95. The minimum Gasteiger partial charge on any atom is -0.454 e. The van der Waals surface area contributed by atoms with Gasteiger partial charge >= 0.3 is 0 Å². The van der Waals surface area contributed by atoms with Crippen molar-refractivity contribution in [3.05, 3.63) is 53.6 Å². The van der Waals surface area contributed by atoms with Gasteiger partial charge in [-0.3, -0.25) is 0 Å². The van der Waals surface area contributed by atoms with Gasteiger partial charge < -0.3 is 20.1 Å². The Bertz CT molecular complexity index is 755. The molecule has 23 heavy (non-hydrogen) atoms. The lowest BCUT2D eigenvalue weighted by Crippen LogP contribution is -2.31. The zero-order valence-corrected chi connectivity index (χ0v) is 13.0. The van der Waals surface area contributed by atoms with Crippen LogP contribution in [0.1, 0.15) is 18.5 Å². The van der Waals surface area contributed by atoms with E-state index in [1.165, 1.54) is 6.07 Å². The van der Waals surface area contributed by atoms with E-state index in [0.717, 1.165) is 17.7 Å². The van der Waals surface area contributed by atoms with Crippen molar-refractivity contribution in [2.45, 2.75) is 13.0 Å². The van der Waals surface area contributed by atoms with Crippen LogP contribution in [0.2, 0.25) is 0 Å². The van der Waals surface area contributed by atoms with Crippen LogP contribution in [-0.2, 0) is 0 Å². The molecule has 1 aliphatic rings. The van der Waals surface area contributed by atoms with Gasteiger partial charge in [-0.15, -0.1) is 0 Å². The van der Waals surface area contributed by atoms with E-state index < -0.39 is 11.6 Å². The second-order valence-corrected chi connectivity index (χ2v) is 5.47. The lowest BCUT2D eigenvalue weighted by Gasteiger charge is -2.18. The number of hydrogen-bond donors (Lipinski definition) is 2. The van der Waals surface area contributed by atoms with Gasteiger partial charge in [-0.25, -0.2) is 8.78 Å². The molecule has 1 aliphatic heterocycles. The zero-order valence-electron chi connectivity index (χ0n) is 12.2. The van der Waals surface area contributed by atoms with Crippen LogP contribution in [-0.4, -0.2) is 11.9 Å². The monoisotopic (exact) mass is 336 g/mol. The number of fused-ring (bicyclic) bond motifs is 1. The fourth-order valence-corrected chi connectivity index (χ4v) is 2.50. The van der Waals surface area contributed by atoms with E-state index in [2.05, 4.69) is 10.6 Å². The summed E-state index contributed by atoms with van der Waals surface area (Å²) in [6, 6.07) is 8.71. The standard InChI is InChI=1S/C16H14F2N2O2S/c1-9(10-2-5-14-15(6-10)22-8-21-14)19-16(23)20-13-4-3-11(17)7-12(13)18/h2-7,9H,8H2,1H3,(H2,19,20,23).